The van der Waals surface area contributed by atoms with Crippen LogP contribution in [0.3, 0.4) is 0 Å². The third-order valence-corrected chi connectivity index (χ3v) is 4.77. The smallest absolute Gasteiger partial charge is 0.129 e. The van der Waals surface area contributed by atoms with Gasteiger partial charge in [0.05, 0.1) is 6.61 Å². The zero-order chi connectivity index (χ0) is 21.3. The first-order valence-electron chi connectivity index (χ1n) is 10.3. The van der Waals surface area contributed by atoms with Crippen molar-refractivity contribution in [3.8, 4) is 11.5 Å². The summed E-state index contributed by atoms with van der Waals surface area (Å²) < 4.78 is 12.4. The lowest BCUT2D eigenvalue weighted by Crippen LogP contribution is -2.13. The maximum absolute atomic E-state index is 6.23. The van der Waals surface area contributed by atoms with E-state index in [0.717, 1.165) is 33.8 Å². The highest BCUT2D eigenvalue weighted by Gasteiger charge is 2.16. The zero-order valence-electron chi connectivity index (χ0n) is 18.3. The number of ether oxygens (including phenoxy) is 2. The molecule has 4 nitrogen and oxygen atoms in total. The average Bonchev–Trinajstić information content (AvgIpc) is 2.76. The molecule has 30 heavy (non-hydrogen) atoms. The van der Waals surface area contributed by atoms with E-state index in [2.05, 4.69) is 44.2 Å². The van der Waals surface area contributed by atoms with E-state index in [1.54, 1.807) is 5.06 Å². The molecule has 4 heteroatoms. The number of nitrogens with zero attached hydrogens (tertiary/aromatic N) is 1. The van der Waals surface area contributed by atoms with Crippen molar-refractivity contribution in [2.75, 3.05) is 14.1 Å². The van der Waals surface area contributed by atoms with Crippen LogP contribution in [0.15, 0.2) is 72.8 Å². The maximum atomic E-state index is 6.23. The largest absolute Gasteiger partial charge is 0.488 e. The standard InChI is InChI=1S/C26H31NO3/c1-20(2)24-15-23(19-30-27(3)4)25(28-17-21-11-7-5-8-12-21)16-26(24)29-18-22-13-9-6-10-14-22/h5-16,20H,17-19H2,1-4H3. The zero-order valence-corrected chi connectivity index (χ0v) is 18.3. The van der Waals surface area contributed by atoms with E-state index in [1.807, 2.05) is 56.6 Å². The van der Waals surface area contributed by atoms with Crippen LogP contribution in [0.5, 0.6) is 11.5 Å². The van der Waals surface area contributed by atoms with Gasteiger partial charge in [-0.25, -0.2) is 0 Å². The second-order valence-electron chi connectivity index (χ2n) is 7.79. The van der Waals surface area contributed by atoms with Crippen molar-refractivity contribution in [1.29, 1.82) is 0 Å². The molecule has 0 fully saturated rings. The van der Waals surface area contributed by atoms with E-state index in [0.29, 0.717) is 25.7 Å². The summed E-state index contributed by atoms with van der Waals surface area (Å²) in [7, 11) is 3.76. The van der Waals surface area contributed by atoms with Crippen LogP contribution in [-0.4, -0.2) is 19.2 Å². The summed E-state index contributed by atoms with van der Waals surface area (Å²) in [6, 6.07) is 24.5. The molecular weight excluding hydrogens is 374 g/mol. The summed E-state index contributed by atoms with van der Waals surface area (Å²) in [5.41, 5.74) is 4.42. The molecule has 0 atom stereocenters. The molecule has 0 aromatic heterocycles. The van der Waals surface area contributed by atoms with Crippen molar-refractivity contribution in [3.63, 3.8) is 0 Å². The number of hydrogen-bond acceptors (Lipinski definition) is 4. The summed E-state index contributed by atoms with van der Waals surface area (Å²) in [6.07, 6.45) is 0. The highest BCUT2D eigenvalue weighted by molar-refractivity contribution is 5.48. The maximum Gasteiger partial charge on any atom is 0.129 e. The van der Waals surface area contributed by atoms with Gasteiger partial charge < -0.3 is 9.47 Å². The van der Waals surface area contributed by atoms with E-state index in [9.17, 15) is 0 Å². The number of hydrogen-bond donors (Lipinski definition) is 0. The Morgan fingerprint density at radius 2 is 1.23 bits per heavy atom. The molecule has 0 unspecified atom stereocenters. The molecule has 0 aliphatic carbocycles. The van der Waals surface area contributed by atoms with Gasteiger partial charge >= 0.3 is 0 Å². The van der Waals surface area contributed by atoms with E-state index in [4.69, 9.17) is 14.3 Å². The molecule has 0 heterocycles. The van der Waals surface area contributed by atoms with Gasteiger partial charge in [0.25, 0.3) is 0 Å². The van der Waals surface area contributed by atoms with Gasteiger partial charge in [-0.05, 0) is 28.7 Å². The summed E-state index contributed by atoms with van der Waals surface area (Å²) in [6.45, 7) is 5.80. The number of hydroxylamine groups is 2. The third kappa shape index (κ3) is 6.34. The van der Waals surface area contributed by atoms with Crippen LogP contribution in [0.1, 0.15) is 42.0 Å². The number of benzene rings is 3. The second-order valence-corrected chi connectivity index (χ2v) is 7.79. The molecule has 0 aliphatic rings. The Hall–Kier alpha value is -2.82. The molecule has 0 N–H and O–H groups in total. The van der Waals surface area contributed by atoms with Crippen LogP contribution in [0.2, 0.25) is 0 Å². The lowest BCUT2D eigenvalue weighted by Gasteiger charge is -2.20. The average molecular weight is 406 g/mol. The minimum atomic E-state index is 0.317. The fourth-order valence-corrected chi connectivity index (χ4v) is 3.12. The Balaban J connectivity index is 1.87. The van der Waals surface area contributed by atoms with Crippen molar-refractivity contribution in [1.82, 2.24) is 5.06 Å². The molecular formula is C26H31NO3. The van der Waals surface area contributed by atoms with Gasteiger partial charge in [0, 0.05) is 25.7 Å². The van der Waals surface area contributed by atoms with Gasteiger partial charge in [0.1, 0.15) is 24.7 Å². The van der Waals surface area contributed by atoms with Crippen molar-refractivity contribution in [2.45, 2.75) is 39.6 Å². The molecule has 0 amide bonds. The van der Waals surface area contributed by atoms with E-state index >= 15 is 0 Å². The minimum Gasteiger partial charge on any atom is -0.488 e. The predicted octanol–water partition coefficient (Wildman–Crippen LogP) is 5.96. The van der Waals surface area contributed by atoms with Crippen molar-refractivity contribution < 1.29 is 14.3 Å². The van der Waals surface area contributed by atoms with Gasteiger partial charge in [-0.3, -0.25) is 4.84 Å². The normalized spacial score (nSPS) is 11.1. The van der Waals surface area contributed by atoms with Gasteiger partial charge in [-0.15, -0.1) is 0 Å². The SMILES string of the molecule is CC(C)c1cc(CON(C)C)c(OCc2ccccc2)cc1OCc1ccccc1. The van der Waals surface area contributed by atoms with Crippen molar-refractivity contribution >= 4 is 0 Å². The quantitative estimate of drug-likeness (QED) is 0.389. The molecule has 0 saturated carbocycles. The molecule has 0 saturated heterocycles. The Kier molecular flexibility index (Phi) is 7.89. The summed E-state index contributed by atoms with van der Waals surface area (Å²) in [4.78, 5) is 5.74. The van der Waals surface area contributed by atoms with Crippen molar-refractivity contribution in [3.05, 3.63) is 95.1 Å². The summed E-state index contributed by atoms with van der Waals surface area (Å²) in [5, 5.41) is 1.70. The molecule has 0 aliphatic heterocycles. The Bertz CT molecular complexity index is 908. The van der Waals surface area contributed by atoms with Crippen molar-refractivity contribution in [2.24, 2.45) is 0 Å². The molecule has 3 rings (SSSR count). The van der Waals surface area contributed by atoms with Gasteiger partial charge in [0.2, 0.25) is 0 Å². The molecule has 0 spiro atoms. The van der Waals surface area contributed by atoms with Gasteiger partial charge in [0.15, 0.2) is 0 Å². The second kappa shape index (κ2) is 10.8. The molecule has 3 aromatic rings. The molecule has 0 bridgehead atoms. The van der Waals surface area contributed by atoms with Crippen LogP contribution < -0.4 is 9.47 Å². The number of rotatable bonds is 10. The van der Waals surface area contributed by atoms with Gasteiger partial charge in [-0.2, -0.15) is 5.06 Å². The highest BCUT2D eigenvalue weighted by Crippen LogP contribution is 2.35. The Morgan fingerprint density at radius 3 is 1.73 bits per heavy atom. The lowest BCUT2D eigenvalue weighted by atomic mass is 9.99. The van der Waals surface area contributed by atoms with E-state index < -0.39 is 0 Å². The van der Waals surface area contributed by atoms with E-state index in [1.165, 1.54) is 0 Å². The Morgan fingerprint density at radius 1 is 0.700 bits per heavy atom. The first-order valence-corrected chi connectivity index (χ1v) is 10.3. The minimum absolute atomic E-state index is 0.317. The lowest BCUT2D eigenvalue weighted by molar-refractivity contribution is -0.131. The summed E-state index contributed by atoms with van der Waals surface area (Å²) >= 11 is 0. The predicted molar refractivity (Wildman–Crippen MR) is 121 cm³/mol. The van der Waals surface area contributed by atoms with E-state index in [-0.39, 0.29) is 0 Å². The first-order chi connectivity index (χ1) is 14.5. The third-order valence-electron chi connectivity index (χ3n) is 4.77. The fraction of sp³-hybridized carbons (Fsp3) is 0.308. The fourth-order valence-electron chi connectivity index (χ4n) is 3.12. The molecule has 0 radical (unpaired) electrons. The molecule has 158 valence electrons. The highest BCUT2D eigenvalue weighted by atomic mass is 16.7. The van der Waals surface area contributed by atoms with Crippen LogP contribution in [0.25, 0.3) is 0 Å². The summed E-state index contributed by atoms with van der Waals surface area (Å²) in [5.74, 6) is 1.95. The van der Waals surface area contributed by atoms with Gasteiger partial charge in [-0.1, -0.05) is 74.5 Å². The molecule has 3 aromatic carbocycles. The van der Waals surface area contributed by atoms with Crippen LogP contribution in [0.4, 0.5) is 0 Å². The topological polar surface area (TPSA) is 30.9 Å². The first kappa shape index (κ1) is 21.9. The van der Waals surface area contributed by atoms with Crippen LogP contribution in [-0.2, 0) is 24.7 Å². The van der Waals surface area contributed by atoms with Crippen LogP contribution in [0, 0.1) is 0 Å². The van der Waals surface area contributed by atoms with Crippen LogP contribution >= 0.6 is 0 Å². The Labute approximate surface area is 180 Å². The monoisotopic (exact) mass is 405 g/mol.